The Labute approximate surface area is 126 Å². The minimum Gasteiger partial charge on any atom is -0.494 e. The molecule has 1 N–H and O–H groups in total. The lowest BCUT2D eigenvalue weighted by molar-refractivity contribution is -0.119. The van der Waals surface area contributed by atoms with E-state index in [-0.39, 0.29) is 11.9 Å². The van der Waals surface area contributed by atoms with Crippen LogP contribution < -0.4 is 10.1 Å². The summed E-state index contributed by atoms with van der Waals surface area (Å²) < 4.78 is 10.9. The number of carbonyl (C=O) groups is 1. The molecule has 0 radical (unpaired) electrons. The highest BCUT2D eigenvalue weighted by Gasteiger charge is 2.22. The Morgan fingerprint density at radius 1 is 1.33 bits per heavy atom. The summed E-state index contributed by atoms with van der Waals surface area (Å²) >= 11 is 0. The highest BCUT2D eigenvalue weighted by atomic mass is 16.5. The molecule has 1 aromatic rings. The zero-order valence-corrected chi connectivity index (χ0v) is 12.8. The number of amides is 1. The van der Waals surface area contributed by atoms with E-state index in [4.69, 9.17) is 9.47 Å². The molecule has 0 aromatic heterocycles. The van der Waals surface area contributed by atoms with Gasteiger partial charge >= 0.3 is 0 Å². The van der Waals surface area contributed by atoms with Crippen LogP contribution in [-0.2, 0) is 9.53 Å². The summed E-state index contributed by atoms with van der Waals surface area (Å²) in [5.74, 6) is 0.876. The fourth-order valence-electron chi connectivity index (χ4n) is 2.54. The SMILES string of the molecule is CCOc1ccc(C(CNC(C)=O)N2CCOCC2)cc1. The number of hydrogen-bond donors (Lipinski definition) is 1. The molecule has 1 fully saturated rings. The Bertz CT molecular complexity index is 441. The van der Waals surface area contributed by atoms with E-state index in [0.717, 1.165) is 32.1 Å². The van der Waals surface area contributed by atoms with Crippen LogP contribution in [0.25, 0.3) is 0 Å². The van der Waals surface area contributed by atoms with Crippen LogP contribution in [0.3, 0.4) is 0 Å². The Balaban J connectivity index is 2.10. The Hall–Kier alpha value is -1.59. The molecule has 2 rings (SSSR count). The maximum absolute atomic E-state index is 11.2. The molecule has 0 bridgehead atoms. The number of carbonyl (C=O) groups excluding carboxylic acids is 1. The lowest BCUT2D eigenvalue weighted by atomic mass is 10.0. The maximum Gasteiger partial charge on any atom is 0.216 e. The number of morpholine rings is 1. The topological polar surface area (TPSA) is 50.8 Å². The van der Waals surface area contributed by atoms with E-state index in [2.05, 4.69) is 22.3 Å². The number of rotatable bonds is 6. The molecule has 1 amide bonds. The van der Waals surface area contributed by atoms with Crippen LogP contribution in [-0.4, -0.2) is 50.3 Å². The lowest BCUT2D eigenvalue weighted by Gasteiger charge is -2.34. The molecule has 1 unspecified atom stereocenters. The van der Waals surface area contributed by atoms with Crippen molar-refractivity contribution in [1.82, 2.24) is 10.2 Å². The smallest absolute Gasteiger partial charge is 0.216 e. The zero-order valence-electron chi connectivity index (χ0n) is 12.8. The third kappa shape index (κ3) is 4.72. The average Bonchev–Trinajstić information content (AvgIpc) is 2.50. The molecule has 1 atom stereocenters. The van der Waals surface area contributed by atoms with Crippen LogP contribution in [0.2, 0.25) is 0 Å². The number of benzene rings is 1. The molecule has 1 aromatic carbocycles. The second-order valence-corrected chi connectivity index (χ2v) is 5.10. The predicted molar refractivity (Wildman–Crippen MR) is 81.4 cm³/mol. The Morgan fingerprint density at radius 3 is 2.57 bits per heavy atom. The fraction of sp³-hybridized carbons (Fsp3) is 0.562. The second-order valence-electron chi connectivity index (χ2n) is 5.10. The quantitative estimate of drug-likeness (QED) is 0.865. The molecule has 5 heteroatoms. The van der Waals surface area contributed by atoms with E-state index in [1.165, 1.54) is 5.56 Å². The molecule has 0 aliphatic carbocycles. The standard InChI is InChI=1S/C16H24N2O3/c1-3-21-15-6-4-14(5-7-15)16(12-17-13(2)19)18-8-10-20-11-9-18/h4-7,16H,3,8-12H2,1-2H3,(H,17,19). The van der Waals surface area contributed by atoms with Crippen LogP contribution >= 0.6 is 0 Å². The molecule has 21 heavy (non-hydrogen) atoms. The largest absolute Gasteiger partial charge is 0.494 e. The average molecular weight is 292 g/mol. The van der Waals surface area contributed by atoms with Crippen LogP contribution in [0.15, 0.2) is 24.3 Å². The first-order valence-electron chi connectivity index (χ1n) is 7.49. The first-order valence-corrected chi connectivity index (χ1v) is 7.49. The van der Waals surface area contributed by atoms with Crippen LogP contribution in [0.4, 0.5) is 0 Å². The fourth-order valence-corrected chi connectivity index (χ4v) is 2.54. The Morgan fingerprint density at radius 2 is 2.00 bits per heavy atom. The van der Waals surface area contributed by atoms with Crippen LogP contribution in [0, 0.1) is 0 Å². The number of ether oxygens (including phenoxy) is 2. The van der Waals surface area contributed by atoms with E-state index >= 15 is 0 Å². The summed E-state index contributed by atoms with van der Waals surface area (Å²) in [6.45, 7) is 8.06. The predicted octanol–water partition coefficient (Wildman–Crippen LogP) is 1.59. The van der Waals surface area contributed by atoms with Crippen molar-refractivity contribution in [3.8, 4) is 5.75 Å². The van der Waals surface area contributed by atoms with Gasteiger partial charge in [-0.25, -0.2) is 0 Å². The Kier molecular flexibility index (Phi) is 6.02. The van der Waals surface area contributed by atoms with E-state index in [1.807, 2.05) is 19.1 Å². The van der Waals surface area contributed by atoms with Crippen molar-refractivity contribution in [3.63, 3.8) is 0 Å². The van der Waals surface area contributed by atoms with Crippen molar-refractivity contribution in [1.29, 1.82) is 0 Å². The van der Waals surface area contributed by atoms with Gasteiger partial charge in [-0.3, -0.25) is 9.69 Å². The van der Waals surface area contributed by atoms with E-state index in [1.54, 1.807) is 6.92 Å². The van der Waals surface area contributed by atoms with Crippen molar-refractivity contribution >= 4 is 5.91 Å². The highest BCUT2D eigenvalue weighted by molar-refractivity contribution is 5.72. The summed E-state index contributed by atoms with van der Waals surface area (Å²) in [6, 6.07) is 8.30. The number of nitrogens with one attached hydrogen (secondary N) is 1. The van der Waals surface area contributed by atoms with Crippen molar-refractivity contribution in [3.05, 3.63) is 29.8 Å². The summed E-state index contributed by atoms with van der Waals surface area (Å²) in [6.07, 6.45) is 0. The van der Waals surface area contributed by atoms with Crippen LogP contribution in [0.1, 0.15) is 25.5 Å². The molecule has 1 aliphatic rings. The minimum absolute atomic E-state index is 0.000745. The monoisotopic (exact) mass is 292 g/mol. The molecular formula is C16H24N2O3. The van der Waals surface area contributed by atoms with E-state index < -0.39 is 0 Å². The van der Waals surface area contributed by atoms with Gasteiger partial charge in [0, 0.05) is 26.6 Å². The molecule has 1 heterocycles. The summed E-state index contributed by atoms with van der Waals surface area (Å²) in [4.78, 5) is 13.6. The molecule has 116 valence electrons. The van der Waals surface area contributed by atoms with Crippen molar-refractivity contribution in [2.75, 3.05) is 39.5 Å². The third-order valence-corrected chi connectivity index (χ3v) is 3.61. The van der Waals surface area contributed by atoms with Crippen molar-refractivity contribution in [2.45, 2.75) is 19.9 Å². The zero-order chi connectivity index (χ0) is 15.1. The van der Waals surface area contributed by atoms with Gasteiger partial charge < -0.3 is 14.8 Å². The normalized spacial score (nSPS) is 17.2. The number of nitrogens with zero attached hydrogens (tertiary/aromatic N) is 1. The third-order valence-electron chi connectivity index (χ3n) is 3.61. The maximum atomic E-state index is 11.2. The first-order chi connectivity index (χ1) is 10.2. The van der Waals surface area contributed by atoms with Gasteiger partial charge in [0.1, 0.15) is 5.75 Å². The molecule has 5 nitrogen and oxygen atoms in total. The summed E-state index contributed by atoms with van der Waals surface area (Å²) in [7, 11) is 0. The number of hydrogen-bond acceptors (Lipinski definition) is 4. The van der Waals surface area contributed by atoms with Gasteiger partial charge in [0.2, 0.25) is 5.91 Å². The van der Waals surface area contributed by atoms with Gasteiger partial charge in [-0.05, 0) is 24.6 Å². The van der Waals surface area contributed by atoms with Gasteiger partial charge in [0.15, 0.2) is 0 Å². The molecule has 0 saturated carbocycles. The van der Waals surface area contributed by atoms with Gasteiger partial charge in [0.05, 0.1) is 25.9 Å². The summed E-state index contributed by atoms with van der Waals surface area (Å²) in [5.41, 5.74) is 1.19. The van der Waals surface area contributed by atoms with Gasteiger partial charge in [-0.15, -0.1) is 0 Å². The molecular weight excluding hydrogens is 268 g/mol. The van der Waals surface area contributed by atoms with Gasteiger partial charge in [-0.1, -0.05) is 12.1 Å². The molecule has 1 aliphatic heterocycles. The van der Waals surface area contributed by atoms with E-state index in [9.17, 15) is 4.79 Å². The molecule has 0 spiro atoms. The van der Waals surface area contributed by atoms with Gasteiger partial charge in [-0.2, -0.15) is 0 Å². The summed E-state index contributed by atoms with van der Waals surface area (Å²) in [5, 5.41) is 2.93. The van der Waals surface area contributed by atoms with Crippen LogP contribution in [0.5, 0.6) is 5.75 Å². The second kappa shape index (κ2) is 8.00. The first kappa shape index (κ1) is 15.8. The molecule has 1 saturated heterocycles. The van der Waals surface area contributed by atoms with Crippen molar-refractivity contribution < 1.29 is 14.3 Å². The van der Waals surface area contributed by atoms with Crippen molar-refractivity contribution in [2.24, 2.45) is 0 Å². The minimum atomic E-state index is -0.000745. The van der Waals surface area contributed by atoms with E-state index in [0.29, 0.717) is 13.2 Å². The lowest BCUT2D eigenvalue weighted by Crippen LogP contribution is -2.43. The van der Waals surface area contributed by atoms with Gasteiger partial charge in [0.25, 0.3) is 0 Å². The highest BCUT2D eigenvalue weighted by Crippen LogP contribution is 2.23.